The highest BCUT2D eigenvalue weighted by Crippen LogP contribution is 2.27. The summed E-state index contributed by atoms with van der Waals surface area (Å²) in [4.78, 5) is 27.2. The van der Waals surface area contributed by atoms with Gasteiger partial charge in [-0.15, -0.1) is 0 Å². The molecule has 0 bridgehead atoms. The first-order valence-corrected chi connectivity index (χ1v) is 8.32. The molecule has 0 radical (unpaired) electrons. The van der Waals surface area contributed by atoms with Gasteiger partial charge in [0.2, 0.25) is 0 Å². The number of aromatic amines is 1. The topological polar surface area (TPSA) is 88.0 Å². The maximum Gasteiger partial charge on any atom is 0.261 e. The van der Waals surface area contributed by atoms with Crippen LogP contribution in [0, 0.1) is 5.82 Å². The fourth-order valence-electron chi connectivity index (χ4n) is 2.22. The normalized spacial score (nSPS) is 10.8. The Bertz CT molecular complexity index is 1030. The highest BCUT2D eigenvalue weighted by atomic mass is 79.9. The Hall–Kier alpha value is -2.19. The Morgan fingerprint density at radius 3 is 2.62 bits per heavy atom. The number of nitrogen functional groups attached to an aromatic ring is 1. The van der Waals surface area contributed by atoms with Crippen molar-refractivity contribution in [1.29, 1.82) is 0 Å². The summed E-state index contributed by atoms with van der Waals surface area (Å²) in [5.41, 5.74) is 5.68. The van der Waals surface area contributed by atoms with E-state index in [-0.39, 0.29) is 11.3 Å². The molecular formula is C16H10Br2FN3O2. The van der Waals surface area contributed by atoms with Crippen LogP contribution in [0.4, 0.5) is 15.8 Å². The van der Waals surface area contributed by atoms with Crippen LogP contribution < -0.4 is 16.6 Å². The molecule has 0 fully saturated rings. The molecule has 0 aliphatic rings. The van der Waals surface area contributed by atoms with Gasteiger partial charge in [-0.2, -0.15) is 0 Å². The first-order valence-electron chi connectivity index (χ1n) is 6.73. The van der Waals surface area contributed by atoms with Crippen LogP contribution in [-0.2, 0) is 0 Å². The van der Waals surface area contributed by atoms with Gasteiger partial charge in [0, 0.05) is 20.0 Å². The van der Waals surface area contributed by atoms with Crippen LogP contribution in [0.5, 0.6) is 0 Å². The second-order valence-corrected chi connectivity index (χ2v) is 6.82. The number of carbonyl (C=O) groups excluding carboxylic acids is 1. The Balaban J connectivity index is 2.02. The minimum absolute atomic E-state index is 0.0616. The molecule has 3 aromatic rings. The van der Waals surface area contributed by atoms with Gasteiger partial charge in [-0.05, 0) is 36.4 Å². The molecule has 122 valence electrons. The Kier molecular flexibility index (Phi) is 4.42. The van der Waals surface area contributed by atoms with Crippen LogP contribution in [0.1, 0.15) is 10.4 Å². The van der Waals surface area contributed by atoms with Crippen molar-refractivity contribution in [2.24, 2.45) is 0 Å². The lowest BCUT2D eigenvalue weighted by molar-refractivity contribution is 0.102. The Morgan fingerprint density at radius 2 is 1.92 bits per heavy atom. The van der Waals surface area contributed by atoms with Crippen LogP contribution in [0.2, 0.25) is 0 Å². The molecule has 5 nitrogen and oxygen atoms in total. The second-order valence-electron chi connectivity index (χ2n) is 5.05. The minimum atomic E-state index is -0.612. The zero-order valence-corrected chi connectivity index (χ0v) is 15.2. The molecule has 0 spiro atoms. The predicted molar refractivity (Wildman–Crippen MR) is 98.7 cm³/mol. The van der Waals surface area contributed by atoms with E-state index in [1.165, 1.54) is 18.2 Å². The lowest BCUT2D eigenvalue weighted by Gasteiger charge is -2.08. The number of pyridine rings is 1. The molecule has 1 amide bonds. The zero-order valence-electron chi connectivity index (χ0n) is 12.0. The maximum atomic E-state index is 13.2. The van der Waals surface area contributed by atoms with Crippen molar-refractivity contribution in [3.63, 3.8) is 0 Å². The smallest absolute Gasteiger partial charge is 0.261 e. The lowest BCUT2D eigenvalue weighted by atomic mass is 10.1. The average molecular weight is 455 g/mol. The van der Waals surface area contributed by atoms with Gasteiger partial charge < -0.3 is 16.0 Å². The summed E-state index contributed by atoms with van der Waals surface area (Å²) in [5.74, 6) is -1.19. The Labute approximate surface area is 152 Å². The number of anilines is 2. The minimum Gasteiger partial charge on any atom is -0.396 e. The lowest BCUT2D eigenvalue weighted by Crippen LogP contribution is -2.23. The largest absolute Gasteiger partial charge is 0.396 e. The van der Waals surface area contributed by atoms with Gasteiger partial charge >= 0.3 is 0 Å². The molecule has 1 heterocycles. The number of hydrogen-bond acceptors (Lipinski definition) is 3. The summed E-state index contributed by atoms with van der Waals surface area (Å²) >= 11 is 6.74. The van der Waals surface area contributed by atoms with E-state index in [9.17, 15) is 14.0 Å². The number of hydrogen-bond donors (Lipinski definition) is 3. The molecule has 0 atom stereocenters. The molecule has 0 aliphatic carbocycles. The maximum absolute atomic E-state index is 13.2. The van der Waals surface area contributed by atoms with Gasteiger partial charge in [0.15, 0.2) is 0 Å². The molecule has 3 rings (SSSR count). The average Bonchev–Trinajstić information content (AvgIpc) is 2.50. The summed E-state index contributed by atoms with van der Waals surface area (Å²) < 4.78 is 14.7. The third-order valence-corrected chi connectivity index (χ3v) is 4.49. The SMILES string of the molecule is Nc1cc(NC(=O)c2cc3c(Br)cc(Br)cc3[nH]c2=O)ccc1F. The first-order chi connectivity index (χ1) is 11.3. The van der Waals surface area contributed by atoms with Gasteiger partial charge in [0.1, 0.15) is 11.4 Å². The van der Waals surface area contributed by atoms with E-state index in [1.54, 1.807) is 6.07 Å². The number of benzene rings is 2. The molecule has 24 heavy (non-hydrogen) atoms. The summed E-state index contributed by atoms with van der Waals surface area (Å²) in [5, 5.41) is 3.21. The molecule has 4 N–H and O–H groups in total. The number of aromatic nitrogens is 1. The number of nitrogens with two attached hydrogens (primary N) is 1. The third kappa shape index (κ3) is 3.20. The van der Waals surface area contributed by atoms with Gasteiger partial charge in [0.05, 0.1) is 11.2 Å². The molecule has 0 saturated heterocycles. The monoisotopic (exact) mass is 453 g/mol. The fourth-order valence-corrected chi connectivity index (χ4v) is 3.56. The number of fused-ring (bicyclic) bond motifs is 1. The fraction of sp³-hybridized carbons (Fsp3) is 0. The molecule has 1 aromatic heterocycles. The predicted octanol–water partition coefficient (Wildman–Crippen LogP) is 4.03. The third-order valence-electron chi connectivity index (χ3n) is 3.37. The summed E-state index contributed by atoms with van der Waals surface area (Å²) in [7, 11) is 0. The van der Waals surface area contributed by atoms with E-state index in [4.69, 9.17) is 5.73 Å². The van der Waals surface area contributed by atoms with Crippen LogP contribution in [-0.4, -0.2) is 10.9 Å². The number of amides is 1. The van der Waals surface area contributed by atoms with E-state index >= 15 is 0 Å². The zero-order chi connectivity index (χ0) is 17.4. The number of H-pyrrole nitrogens is 1. The molecule has 0 unspecified atom stereocenters. The highest BCUT2D eigenvalue weighted by molar-refractivity contribution is 9.11. The van der Waals surface area contributed by atoms with Gasteiger partial charge in [-0.1, -0.05) is 31.9 Å². The van der Waals surface area contributed by atoms with Crippen molar-refractivity contribution in [2.45, 2.75) is 0 Å². The second kappa shape index (κ2) is 6.37. The quantitative estimate of drug-likeness (QED) is 0.511. The van der Waals surface area contributed by atoms with Crippen LogP contribution in [0.15, 0.2) is 50.1 Å². The van der Waals surface area contributed by atoms with Crippen molar-refractivity contribution in [3.05, 3.63) is 67.1 Å². The van der Waals surface area contributed by atoms with Crippen molar-refractivity contribution < 1.29 is 9.18 Å². The van der Waals surface area contributed by atoms with Gasteiger partial charge in [-0.25, -0.2) is 4.39 Å². The molecule has 8 heteroatoms. The van der Waals surface area contributed by atoms with Crippen molar-refractivity contribution in [2.75, 3.05) is 11.1 Å². The van der Waals surface area contributed by atoms with E-state index in [0.717, 1.165) is 15.0 Å². The van der Waals surface area contributed by atoms with E-state index < -0.39 is 17.3 Å². The number of halogens is 3. The van der Waals surface area contributed by atoms with Crippen LogP contribution in [0.3, 0.4) is 0 Å². The highest BCUT2D eigenvalue weighted by Gasteiger charge is 2.14. The van der Waals surface area contributed by atoms with Crippen LogP contribution in [0.25, 0.3) is 10.9 Å². The van der Waals surface area contributed by atoms with E-state index in [0.29, 0.717) is 16.6 Å². The van der Waals surface area contributed by atoms with Crippen LogP contribution >= 0.6 is 31.9 Å². The number of rotatable bonds is 2. The summed E-state index contributed by atoms with van der Waals surface area (Å²) in [6, 6.07) is 8.84. The molecule has 2 aromatic carbocycles. The molecule has 0 aliphatic heterocycles. The van der Waals surface area contributed by atoms with Crippen molar-refractivity contribution in [1.82, 2.24) is 4.98 Å². The summed E-state index contributed by atoms with van der Waals surface area (Å²) in [6.07, 6.45) is 0. The van der Waals surface area contributed by atoms with Gasteiger partial charge in [0.25, 0.3) is 11.5 Å². The van der Waals surface area contributed by atoms with Crippen molar-refractivity contribution in [3.8, 4) is 0 Å². The summed E-state index contributed by atoms with van der Waals surface area (Å²) in [6.45, 7) is 0. The standard InChI is InChI=1S/C16H10Br2FN3O2/c17-7-3-11(18)9-6-10(16(24)22-14(9)4-7)15(23)21-8-1-2-12(19)13(20)5-8/h1-6H,20H2,(H,21,23)(H,22,24). The Morgan fingerprint density at radius 1 is 1.17 bits per heavy atom. The van der Waals surface area contributed by atoms with E-state index in [2.05, 4.69) is 42.2 Å². The molecule has 0 saturated carbocycles. The molecular weight excluding hydrogens is 445 g/mol. The van der Waals surface area contributed by atoms with Crippen molar-refractivity contribution >= 4 is 60.0 Å². The number of nitrogens with one attached hydrogen (secondary N) is 2. The first kappa shape index (κ1) is 16.7. The van der Waals surface area contributed by atoms with E-state index in [1.807, 2.05) is 6.07 Å². The number of carbonyl (C=O) groups is 1. The van der Waals surface area contributed by atoms with Gasteiger partial charge in [-0.3, -0.25) is 9.59 Å².